The molecule has 2 N–H and O–H groups in total. The summed E-state index contributed by atoms with van der Waals surface area (Å²) in [7, 11) is 0. The Kier molecular flexibility index (Phi) is 3.02. The number of hydrogen-bond acceptors (Lipinski definition) is 2. The van der Waals surface area contributed by atoms with Gasteiger partial charge in [0.05, 0.1) is 0 Å². The first-order chi connectivity index (χ1) is 7.90. The number of rotatable bonds is 5. The number of amides is 2. The Hall–Kier alpha value is -1.26. The third-order valence-corrected chi connectivity index (χ3v) is 3.58. The van der Waals surface area contributed by atoms with E-state index in [1.165, 1.54) is 4.90 Å². The lowest BCUT2D eigenvalue weighted by molar-refractivity contribution is -0.137. The molecule has 2 fully saturated rings. The van der Waals surface area contributed by atoms with Gasteiger partial charge in [-0.25, -0.2) is 4.79 Å². The molecular formula is C12H20N2O3. The second kappa shape index (κ2) is 4.20. The van der Waals surface area contributed by atoms with Crippen LogP contribution in [0.1, 0.15) is 39.5 Å². The van der Waals surface area contributed by atoms with Crippen LogP contribution in [0.4, 0.5) is 4.79 Å². The Bertz CT molecular complexity index is 333. The highest BCUT2D eigenvalue weighted by Gasteiger charge is 2.41. The monoisotopic (exact) mass is 240 g/mol. The Morgan fingerprint density at radius 3 is 2.29 bits per heavy atom. The van der Waals surface area contributed by atoms with Crippen LogP contribution in [0.3, 0.4) is 0 Å². The molecule has 0 bridgehead atoms. The SMILES string of the molecule is CC(C)(NC(=O)N(CC(=O)O)C1CC1)C1CC1. The van der Waals surface area contributed by atoms with Crippen molar-refractivity contribution in [3.63, 3.8) is 0 Å². The molecule has 0 radical (unpaired) electrons. The van der Waals surface area contributed by atoms with Crippen LogP contribution in [0, 0.1) is 5.92 Å². The van der Waals surface area contributed by atoms with Gasteiger partial charge in [0.25, 0.3) is 0 Å². The minimum Gasteiger partial charge on any atom is -0.480 e. The number of aliphatic carboxylic acids is 1. The van der Waals surface area contributed by atoms with Crippen molar-refractivity contribution in [1.29, 1.82) is 0 Å². The summed E-state index contributed by atoms with van der Waals surface area (Å²) >= 11 is 0. The van der Waals surface area contributed by atoms with Gasteiger partial charge in [-0.05, 0) is 45.4 Å². The van der Waals surface area contributed by atoms with Gasteiger partial charge in [0.15, 0.2) is 0 Å². The van der Waals surface area contributed by atoms with Crippen LogP contribution in [0.2, 0.25) is 0 Å². The van der Waals surface area contributed by atoms with Crippen molar-refractivity contribution in [3.05, 3.63) is 0 Å². The van der Waals surface area contributed by atoms with E-state index in [2.05, 4.69) is 5.32 Å². The van der Waals surface area contributed by atoms with Crippen molar-refractivity contribution < 1.29 is 14.7 Å². The third-order valence-electron chi connectivity index (χ3n) is 3.58. The van der Waals surface area contributed by atoms with E-state index in [1.54, 1.807) is 0 Å². The van der Waals surface area contributed by atoms with Crippen LogP contribution in [0.25, 0.3) is 0 Å². The normalized spacial score (nSPS) is 19.9. The van der Waals surface area contributed by atoms with Gasteiger partial charge in [0.2, 0.25) is 0 Å². The highest BCUT2D eigenvalue weighted by molar-refractivity contribution is 5.81. The molecule has 17 heavy (non-hydrogen) atoms. The van der Waals surface area contributed by atoms with E-state index < -0.39 is 5.97 Å². The molecule has 0 aliphatic heterocycles. The molecule has 0 aromatic heterocycles. The Balaban J connectivity index is 1.93. The molecule has 2 amide bonds. The van der Waals surface area contributed by atoms with Crippen LogP contribution in [0.15, 0.2) is 0 Å². The van der Waals surface area contributed by atoms with Gasteiger partial charge in [-0.15, -0.1) is 0 Å². The smallest absolute Gasteiger partial charge is 0.323 e. The van der Waals surface area contributed by atoms with E-state index >= 15 is 0 Å². The van der Waals surface area contributed by atoms with Gasteiger partial charge < -0.3 is 15.3 Å². The fraction of sp³-hybridized carbons (Fsp3) is 0.833. The maximum absolute atomic E-state index is 12.1. The zero-order chi connectivity index (χ0) is 12.6. The average molecular weight is 240 g/mol. The lowest BCUT2D eigenvalue weighted by Crippen LogP contribution is -2.53. The molecule has 0 unspecified atom stereocenters. The molecule has 2 aliphatic carbocycles. The molecule has 0 atom stereocenters. The Labute approximate surface area is 101 Å². The van der Waals surface area contributed by atoms with Crippen molar-refractivity contribution in [1.82, 2.24) is 10.2 Å². The third kappa shape index (κ3) is 3.11. The summed E-state index contributed by atoms with van der Waals surface area (Å²) in [4.78, 5) is 24.2. The summed E-state index contributed by atoms with van der Waals surface area (Å²) in [6.45, 7) is 3.82. The maximum atomic E-state index is 12.1. The largest absolute Gasteiger partial charge is 0.480 e. The molecule has 0 aromatic rings. The first kappa shape index (κ1) is 12.2. The van der Waals surface area contributed by atoms with Gasteiger partial charge >= 0.3 is 12.0 Å². The van der Waals surface area contributed by atoms with Crippen molar-refractivity contribution in [2.24, 2.45) is 5.92 Å². The molecule has 0 spiro atoms. The number of carbonyl (C=O) groups is 2. The number of carboxylic acid groups (broad SMARTS) is 1. The summed E-state index contributed by atoms with van der Waals surface area (Å²) < 4.78 is 0. The highest BCUT2D eigenvalue weighted by Crippen LogP contribution is 2.39. The number of hydrogen-bond donors (Lipinski definition) is 2. The minimum atomic E-state index is -0.948. The first-order valence-electron chi connectivity index (χ1n) is 6.21. The molecule has 2 rings (SSSR count). The summed E-state index contributed by atoms with van der Waals surface area (Å²) in [5.74, 6) is -0.409. The van der Waals surface area contributed by atoms with Gasteiger partial charge in [0, 0.05) is 11.6 Å². The highest BCUT2D eigenvalue weighted by atomic mass is 16.4. The second-order valence-electron chi connectivity index (χ2n) is 5.68. The predicted molar refractivity (Wildman–Crippen MR) is 62.7 cm³/mol. The van der Waals surface area contributed by atoms with Crippen LogP contribution in [-0.2, 0) is 4.79 Å². The number of nitrogens with one attached hydrogen (secondary N) is 1. The van der Waals surface area contributed by atoms with Gasteiger partial charge in [0.1, 0.15) is 6.54 Å². The molecule has 2 aliphatic rings. The van der Waals surface area contributed by atoms with E-state index in [-0.39, 0.29) is 24.2 Å². The van der Waals surface area contributed by atoms with E-state index in [9.17, 15) is 9.59 Å². The van der Waals surface area contributed by atoms with Crippen molar-refractivity contribution in [2.75, 3.05) is 6.54 Å². The molecular weight excluding hydrogens is 220 g/mol. The van der Waals surface area contributed by atoms with E-state index in [0.29, 0.717) is 5.92 Å². The van der Waals surface area contributed by atoms with Crippen LogP contribution in [0.5, 0.6) is 0 Å². The summed E-state index contributed by atoms with van der Waals surface area (Å²) in [6, 6.07) is -0.104. The summed E-state index contributed by atoms with van der Waals surface area (Å²) in [6.07, 6.45) is 4.14. The fourth-order valence-electron chi connectivity index (χ4n) is 2.15. The van der Waals surface area contributed by atoms with Crippen LogP contribution in [-0.4, -0.2) is 40.1 Å². The lowest BCUT2D eigenvalue weighted by Gasteiger charge is -2.30. The molecule has 0 heterocycles. The zero-order valence-electron chi connectivity index (χ0n) is 10.4. The Morgan fingerprint density at radius 1 is 1.29 bits per heavy atom. The van der Waals surface area contributed by atoms with Crippen LogP contribution >= 0.6 is 0 Å². The second-order valence-corrected chi connectivity index (χ2v) is 5.68. The van der Waals surface area contributed by atoms with Crippen molar-refractivity contribution in [2.45, 2.75) is 51.1 Å². The maximum Gasteiger partial charge on any atom is 0.323 e. The minimum absolute atomic E-state index is 0.126. The zero-order valence-corrected chi connectivity index (χ0v) is 10.4. The van der Waals surface area contributed by atoms with E-state index in [0.717, 1.165) is 25.7 Å². The lowest BCUT2D eigenvalue weighted by atomic mass is 9.99. The Morgan fingerprint density at radius 2 is 1.88 bits per heavy atom. The quantitative estimate of drug-likeness (QED) is 0.763. The molecule has 96 valence electrons. The van der Waals surface area contributed by atoms with Crippen LogP contribution < -0.4 is 5.32 Å². The average Bonchev–Trinajstić information content (AvgIpc) is 2.99. The number of carbonyl (C=O) groups excluding carboxylic acids is 1. The number of nitrogens with zero attached hydrogens (tertiary/aromatic N) is 1. The molecule has 5 heteroatoms. The van der Waals surface area contributed by atoms with E-state index in [1.807, 2.05) is 13.8 Å². The molecule has 5 nitrogen and oxygen atoms in total. The van der Waals surface area contributed by atoms with Gasteiger partial charge in [-0.3, -0.25) is 4.79 Å². The van der Waals surface area contributed by atoms with Crippen molar-refractivity contribution >= 4 is 12.0 Å². The summed E-state index contributed by atoms with van der Waals surface area (Å²) in [5, 5.41) is 11.8. The predicted octanol–water partition coefficient (Wildman–Crippen LogP) is 1.43. The summed E-state index contributed by atoms with van der Waals surface area (Å²) in [5.41, 5.74) is -0.220. The molecule has 2 saturated carbocycles. The van der Waals surface area contributed by atoms with Gasteiger partial charge in [-0.1, -0.05) is 0 Å². The standard InChI is InChI=1S/C12H20N2O3/c1-12(2,8-3-4-8)13-11(17)14(7-10(15)16)9-5-6-9/h8-9H,3-7H2,1-2H3,(H,13,17)(H,15,16). The number of urea groups is 1. The molecule has 0 aromatic carbocycles. The van der Waals surface area contributed by atoms with E-state index in [4.69, 9.17) is 5.11 Å². The first-order valence-corrected chi connectivity index (χ1v) is 6.21. The van der Waals surface area contributed by atoms with Crippen molar-refractivity contribution in [3.8, 4) is 0 Å². The fourth-order valence-corrected chi connectivity index (χ4v) is 2.15. The topological polar surface area (TPSA) is 69.6 Å². The van der Waals surface area contributed by atoms with Gasteiger partial charge in [-0.2, -0.15) is 0 Å². The molecule has 0 saturated heterocycles. The number of carboxylic acids is 1.